The molecule has 4 heterocycles. The van der Waals surface area contributed by atoms with Crippen LogP contribution in [0.4, 0.5) is 5.69 Å². The second kappa shape index (κ2) is 7.72. The molecule has 0 saturated carbocycles. The third-order valence-electron chi connectivity index (χ3n) is 6.43. The fourth-order valence-corrected chi connectivity index (χ4v) is 4.99. The third-order valence-corrected chi connectivity index (χ3v) is 6.43. The molecule has 31 heavy (non-hydrogen) atoms. The maximum absolute atomic E-state index is 13.1. The van der Waals surface area contributed by atoms with Gasteiger partial charge in [0.05, 0.1) is 24.2 Å². The first-order chi connectivity index (χ1) is 15.1. The quantitative estimate of drug-likeness (QED) is 0.656. The summed E-state index contributed by atoms with van der Waals surface area (Å²) in [5.41, 5.74) is 7.78. The molecule has 1 unspecified atom stereocenters. The van der Waals surface area contributed by atoms with Crippen LogP contribution in [0.15, 0.2) is 24.3 Å². The number of piperazine rings is 1. The standard InChI is InChI=1S/C20H23N9O2/c21-9-14-5-2-6-28(14)19(30)16(22)11-27-10-15-8-17(27)20(31)29(15)13-4-1-3-12(7-13)18-23-25-26-24-18/h1,3-4,7,14-17H,2,5-6,8,10-11,22H2,(H,23,24,25,26)/t14-,15?,16-,17-/m0/s1. The van der Waals surface area contributed by atoms with Crippen molar-refractivity contribution in [1.29, 1.82) is 5.26 Å². The molecule has 3 fully saturated rings. The highest BCUT2D eigenvalue weighted by atomic mass is 16.2. The number of hydrogen-bond donors (Lipinski definition) is 2. The minimum Gasteiger partial charge on any atom is -0.325 e. The van der Waals surface area contributed by atoms with E-state index in [4.69, 9.17) is 5.73 Å². The Hall–Kier alpha value is -3.36. The molecule has 2 amide bonds. The van der Waals surface area contributed by atoms with Gasteiger partial charge in [-0.05, 0) is 36.6 Å². The number of fused-ring (bicyclic) bond motifs is 2. The van der Waals surface area contributed by atoms with Crippen molar-refractivity contribution >= 4 is 17.5 Å². The molecule has 11 nitrogen and oxygen atoms in total. The summed E-state index contributed by atoms with van der Waals surface area (Å²) in [6, 6.07) is 8.31. The van der Waals surface area contributed by atoms with E-state index in [1.807, 2.05) is 34.1 Å². The summed E-state index contributed by atoms with van der Waals surface area (Å²) in [6.45, 7) is 1.54. The zero-order valence-electron chi connectivity index (χ0n) is 16.9. The highest BCUT2D eigenvalue weighted by Gasteiger charge is 2.50. The minimum absolute atomic E-state index is 0.0113. The molecule has 3 aliphatic heterocycles. The zero-order chi connectivity index (χ0) is 21.5. The van der Waals surface area contributed by atoms with Gasteiger partial charge in [-0.1, -0.05) is 12.1 Å². The Labute approximate surface area is 178 Å². The number of likely N-dealkylation sites (tertiary alicyclic amines) is 2. The predicted octanol–water partition coefficient (Wildman–Crippen LogP) is -0.502. The van der Waals surface area contributed by atoms with E-state index in [0.29, 0.717) is 38.3 Å². The van der Waals surface area contributed by atoms with Gasteiger partial charge >= 0.3 is 0 Å². The van der Waals surface area contributed by atoms with Gasteiger partial charge < -0.3 is 15.5 Å². The average molecular weight is 421 g/mol. The van der Waals surface area contributed by atoms with Crippen LogP contribution in [0, 0.1) is 11.3 Å². The maximum Gasteiger partial charge on any atom is 0.244 e. The van der Waals surface area contributed by atoms with Crippen molar-refractivity contribution in [1.82, 2.24) is 30.4 Å². The van der Waals surface area contributed by atoms with Crippen molar-refractivity contribution in [3.8, 4) is 17.5 Å². The van der Waals surface area contributed by atoms with Gasteiger partial charge in [0.1, 0.15) is 6.04 Å². The lowest BCUT2D eigenvalue weighted by molar-refractivity contribution is -0.134. The van der Waals surface area contributed by atoms with E-state index in [1.165, 1.54) is 0 Å². The van der Waals surface area contributed by atoms with E-state index in [2.05, 4.69) is 26.7 Å². The number of aromatic amines is 1. The molecule has 0 aliphatic carbocycles. The van der Waals surface area contributed by atoms with Crippen molar-refractivity contribution in [3.63, 3.8) is 0 Å². The van der Waals surface area contributed by atoms with Crippen molar-refractivity contribution in [2.45, 2.75) is 43.4 Å². The summed E-state index contributed by atoms with van der Waals surface area (Å²) in [4.78, 5) is 31.3. The molecule has 160 valence electrons. The highest BCUT2D eigenvalue weighted by molar-refractivity contribution is 6.01. The SMILES string of the molecule is N#C[C@@H]1CCCN1C(=O)[C@@H](N)CN1CC2C[C@H]1C(=O)N2c1cccc(-c2nn[nH]n2)c1. The number of carbonyl (C=O) groups is 2. The number of rotatable bonds is 5. The summed E-state index contributed by atoms with van der Waals surface area (Å²) in [5, 5.41) is 23.2. The largest absolute Gasteiger partial charge is 0.325 e. The Bertz CT molecular complexity index is 1030. The number of carbonyl (C=O) groups excluding carboxylic acids is 2. The van der Waals surface area contributed by atoms with Crippen LogP contribution in [0.5, 0.6) is 0 Å². The molecular formula is C20H23N9O2. The number of amides is 2. The molecule has 3 aliphatic rings. The van der Waals surface area contributed by atoms with Crippen LogP contribution in [0.1, 0.15) is 19.3 Å². The van der Waals surface area contributed by atoms with Crippen LogP contribution in [0.3, 0.4) is 0 Å². The molecule has 4 atom stereocenters. The zero-order valence-corrected chi connectivity index (χ0v) is 16.9. The fourth-order valence-electron chi connectivity index (χ4n) is 4.99. The van der Waals surface area contributed by atoms with E-state index < -0.39 is 12.1 Å². The van der Waals surface area contributed by atoms with Crippen LogP contribution in [0.2, 0.25) is 0 Å². The van der Waals surface area contributed by atoms with Gasteiger partial charge in [0, 0.05) is 30.9 Å². The monoisotopic (exact) mass is 421 g/mol. The number of tetrazole rings is 1. The Balaban J connectivity index is 1.27. The Kier molecular flexibility index (Phi) is 4.88. The van der Waals surface area contributed by atoms with Gasteiger partial charge in [-0.2, -0.15) is 10.5 Å². The molecule has 2 aromatic rings. The Morgan fingerprint density at radius 2 is 2.29 bits per heavy atom. The number of nitrogens with two attached hydrogens (primary N) is 1. The molecule has 11 heteroatoms. The molecule has 3 N–H and O–H groups in total. The number of anilines is 1. The van der Waals surface area contributed by atoms with Crippen LogP contribution < -0.4 is 10.6 Å². The summed E-state index contributed by atoms with van der Waals surface area (Å²) in [7, 11) is 0. The van der Waals surface area contributed by atoms with Crippen molar-refractivity contribution in [3.05, 3.63) is 24.3 Å². The first-order valence-electron chi connectivity index (χ1n) is 10.4. The first-order valence-corrected chi connectivity index (χ1v) is 10.4. The second-order valence-electron chi connectivity index (χ2n) is 8.28. The Morgan fingerprint density at radius 1 is 1.42 bits per heavy atom. The topological polar surface area (TPSA) is 148 Å². The van der Waals surface area contributed by atoms with E-state index >= 15 is 0 Å². The minimum atomic E-state index is -0.740. The first kappa shape index (κ1) is 19.6. The van der Waals surface area contributed by atoms with Crippen LogP contribution >= 0.6 is 0 Å². The van der Waals surface area contributed by atoms with E-state index in [1.54, 1.807) is 4.90 Å². The lowest BCUT2D eigenvalue weighted by Crippen LogP contribution is -2.56. The van der Waals surface area contributed by atoms with Gasteiger partial charge in [-0.15, -0.1) is 10.2 Å². The average Bonchev–Trinajstić information content (AvgIpc) is 3.57. The van der Waals surface area contributed by atoms with E-state index in [0.717, 1.165) is 17.7 Å². The predicted molar refractivity (Wildman–Crippen MR) is 109 cm³/mol. The molecule has 3 saturated heterocycles. The number of aromatic nitrogens is 4. The normalized spacial score (nSPS) is 26.5. The highest BCUT2D eigenvalue weighted by Crippen LogP contribution is 2.36. The van der Waals surface area contributed by atoms with Crippen LogP contribution in [0.25, 0.3) is 11.4 Å². The number of nitrogens with zero attached hydrogens (tertiary/aromatic N) is 7. The smallest absolute Gasteiger partial charge is 0.244 e. The number of benzene rings is 1. The van der Waals surface area contributed by atoms with Crippen LogP contribution in [-0.4, -0.2) is 86.0 Å². The van der Waals surface area contributed by atoms with E-state index in [-0.39, 0.29) is 23.9 Å². The third kappa shape index (κ3) is 3.34. The summed E-state index contributed by atoms with van der Waals surface area (Å²) >= 11 is 0. The van der Waals surface area contributed by atoms with Crippen molar-refractivity contribution in [2.24, 2.45) is 5.73 Å². The molecule has 2 bridgehead atoms. The summed E-state index contributed by atoms with van der Waals surface area (Å²) in [5.74, 6) is 0.281. The number of H-pyrrole nitrogens is 1. The van der Waals surface area contributed by atoms with Crippen LogP contribution in [-0.2, 0) is 9.59 Å². The number of hydrogen-bond acceptors (Lipinski definition) is 8. The molecule has 5 rings (SSSR count). The van der Waals surface area contributed by atoms with Gasteiger partial charge in [-0.25, -0.2) is 0 Å². The van der Waals surface area contributed by atoms with Gasteiger partial charge in [0.2, 0.25) is 17.6 Å². The summed E-state index contributed by atoms with van der Waals surface area (Å²) < 4.78 is 0. The fraction of sp³-hybridized carbons (Fsp3) is 0.500. The summed E-state index contributed by atoms with van der Waals surface area (Å²) in [6.07, 6.45) is 2.22. The van der Waals surface area contributed by atoms with Gasteiger partial charge in [-0.3, -0.25) is 14.5 Å². The lowest BCUT2D eigenvalue weighted by atomic mass is 10.1. The molecular weight excluding hydrogens is 398 g/mol. The molecule has 0 spiro atoms. The lowest BCUT2D eigenvalue weighted by Gasteiger charge is -2.35. The van der Waals surface area contributed by atoms with Crippen molar-refractivity contribution < 1.29 is 9.59 Å². The Morgan fingerprint density at radius 3 is 3.03 bits per heavy atom. The van der Waals surface area contributed by atoms with E-state index in [9.17, 15) is 14.9 Å². The maximum atomic E-state index is 13.1. The van der Waals surface area contributed by atoms with Crippen molar-refractivity contribution in [2.75, 3.05) is 24.5 Å². The molecule has 1 aromatic carbocycles. The number of nitrogens with one attached hydrogen (secondary N) is 1. The van der Waals surface area contributed by atoms with Gasteiger partial charge in [0.25, 0.3) is 0 Å². The molecule has 1 aromatic heterocycles. The number of nitriles is 1. The molecule has 0 radical (unpaired) electrons. The van der Waals surface area contributed by atoms with Gasteiger partial charge in [0.15, 0.2) is 0 Å². The second-order valence-corrected chi connectivity index (χ2v) is 8.28.